The first kappa shape index (κ1) is 14.8. The molecule has 1 aliphatic carbocycles. The van der Waals surface area contributed by atoms with Gasteiger partial charge in [0.15, 0.2) is 0 Å². The SMILES string of the molecule is COc1ccc(S(=O)(=O)NC(C)CC2CC2)cc1Br. The minimum absolute atomic E-state index is 0.0293. The van der Waals surface area contributed by atoms with Crippen molar-refractivity contribution in [2.45, 2.75) is 37.1 Å². The minimum atomic E-state index is -3.46. The molecule has 1 N–H and O–H groups in total. The summed E-state index contributed by atoms with van der Waals surface area (Å²) in [5, 5.41) is 0. The number of ether oxygens (including phenoxy) is 1. The van der Waals surface area contributed by atoms with E-state index < -0.39 is 10.0 Å². The molecule has 1 aliphatic rings. The van der Waals surface area contributed by atoms with Gasteiger partial charge in [-0.05, 0) is 53.4 Å². The quantitative estimate of drug-likeness (QED) is 0.860. The van der Waals surface area contributed by atoms with Gasteiger partial charge in [-0.3, -0.25) is 0 Å². The molecule has 106 valence electrons. The van der Waals surface area contributed by atoms with E-state index in [9.17, 15) is 8.42 Å². The third kappa shape index (κ3) is 3.94. The highest BCUT2D eigenvalue weighted by Gasteiger charge is 2.26. The molecule has 19 heavy (non-hydrogen) atoms. The molecule has 0 saturated heterocycles. The van der Waals surface area contributed by atoms with Crippen molar-refractivity contribution in [3.8, 4) is 5.75 Å². The lowest BCUT2D eigenvalue weighted by Crippen LogP contribution is -2.32. The molecule has 0 amide bonds. The molecule has 4 nitrogen and oxygen atoms in total. The Morgan fingerprint density at radius 1 is 1.47 bits per heavy atom. The largest absolute Gasteiger partial charge is 0.496 e. The predicted molar refractivity (Wildman–Crippen MR) is 77.8 cm³/mol. The Hall–Kier alpha value is -0.590. The van der Waals surface area contributed by atoms with Gasteiger partial charge in [-0.2, -0.15) is 0 Å². The number of halogens is 1. The summed E-state index contributed by atoms with van der Waals surface area (Å²) in [6, 6.07) is 4.73. The Morgan fingerprint density at radius 2 is 2.16 bits per heavy atom. The van der Waals surface area contributed by atoms with Crippen molar-refractivity contribution in [2.75, 3.05) is 7.11 Å². The van der Waals surface area contributed by atoms with Crippen molar-refractivity contribution >= 4 is 26.0 Å². The summed E-state index contributed by atoms with van der Waals surface area (Å²) in [5.41, 5.74) is 0. The van der Waals surface area contributed by atoms with Gasteiger partial charge in [-0.15, -0.1) is 0 Å². The van der Waals surface area contributed by atoms with Crippen molar-refractivity contribution in [3.63, 3.8) is 0 Å². The molecule has 1 saturated carbocycles. The van der Waals surface area contributed by atoms with E-state index in [0.29, 0.717) is 16.1 Å². The molecule has 6 heteroatoms. The summed E-state index contributed by atoms with van der Waals surface area (Å²) in [6.07, 6.45) is 3.36. The van der Waals surface area contributed by atoms with E-state index in [2.05, 4.69) is 20.7 Å². The third-order valence-electron chi connectivity index (χ3n) is 3.17. The van der Waals surface area contributed by atoms with Crippen LogP contribution in [0.3, 0.4) is 0 Å². The molecule has 0 spiro atoms. The highest BCUT2D eigenvalue weighted by Crippen LogP contribution is 2.34. The molecule has 0 radical (unpaired) electrons. The smallest absolute Gasteiger partial charge is 0.240 e. The monoisotopic (exact) mass is 347 g/mol. The molecule has 1 unspecified atom stereocenters. The van der Waals surface area contributed by atoms with Crippen LogP contribution >= 0.6 is 15.9 Å². The molecule has 0 aromatic heterocycles. The van der Waals surface area contributed by atoms with E-state index in [4.69, 9.17) is 4.74 Å². The number of methoxy groups -OCH3 is 1. The molecule has 1 aromatic rings. The Bertz CT molecular complexity index is 555. The molecular formula is C13H18BrNO3S. The van der Waals surface area contributed by atoms with Crippen molar-refractivity contribution in [1.82, 2.24) is 4.72 Å². The Morgan fingerprint density at radius 3 is 2.68 bits per heavy atom. The summed E-state index contributed by atoms with van der Waals surface area (Å²) < 4.78 is 32.9. The first-order valence-corrected chi connectivity index (χ1v) is 8.56. The lowest BCUT2D eigenvalue weighted by molar-refractivity contribution is 0.411. The summed E-state index contributed by atoms with van der Waals surface area (Å²) in [4.78, 5) is 0.253. The van der Waals surface area contributed by atoms with Crippen LogP contribution in [0.2, 0.25) is 0 Å². The summed E-state index contributed by atoms with van der Waals surface area (Å²) in [7, 11) is -1.91. The predicted octanol–water partition coefficient (Wildman–Crippen LogP) is 2.92. The van der Waals surface area contributed by atoms with Crippen LogP contribution in [-0.4, -0.2) is 21.6 Å². The molecule has 0 aliphatic heterocycles. The summed E-state index contributed by atoms with van der Waals surface area (Å²) >= 11 is 3.30. The molecule has 0 bridgehead atoms. The van der Waals surface area contributed by atoms with Gasteiger partial charge >= 0.3 is 0 Å². The van der Waals surface area contributed by atoms with E-state index in [1.165, 1.54) is 12.8 Å². The summed E-state index contributed by atoms with van der Waals surface area (Å²) in [6.45, 7) is 1.91. The van der Waals surface area contributed by atoms with Gasteiger partial charge in [0.05, 0.1) is 16.5 Å². The Balaban J connectivity index is 2.11. The number of nitrogens with one attached hydrogen (secondary N) is 1. The fourth-order valence-corrected chi connectivity index (χ4v) is 4.02. The van der Waals surface area contributed by atoms with Crippen LogP contribution in [0.1, 0.15) is 26.2 Å². The number of rotatable bonds is 6. The highest BCUT2D eigenvalue weighted by atomic mass is 79.9. The first-order valence-electron chi connectivity index (χ1n) is 6.28. The van der Waals surface area contributed by atoms with Gasteiger partial charge in [0.1, 0.15) is 5.75 Å². The number of hydrogen-bond acceptors (Lipinski definition) is 3. The molecule has 0 heterocycles. The van der Waals surface area contributed by atoms with Gasteiger partial charge in [0.2, 0.25) is 10.0 Å². The number of benzene rings is 1. The summed E-state index contributed by atoms with van der Waals surface area (Å²) in [5.74, 6) is 1.31. The van der Waals surface area contributed by atoms with Crippen LogP contribution in [0.15, 0.2) is 27.6 Å². The standard InChI is InChI=1S/C13H18BrNO3S/c1-9(7-10-3-4-10)15-19(16,17)11-5-6-13(18-2)12(14)8-11/h5-6,8-10,15H,3-4,7H2,1-2H3. The Kier molecular flexibility index (Phi) is 4.53. The van der Waals surface area contributed by atoms with Crippen LogP contribution in [-0.2, 0) is 10.0 Å². The average molecular weight is 348 g/mol. The number of sulfonamides is 1. The first-order chi connectivity index (χ1) is 8.92. The zero-order valence-electron chi connectivity index (χ0n) is 11.0. The van der Waals surface area contributed by atoms with E-state index in [0.717, 1.165) is 6.42 Å². The van der Waals surface area contributed by atoms with Gasteiger partial charge in [0.25, 0.3) is 0 Å². The van der Waals surface area contributed by atoms with Gasteiger partial charge in [-0.25, -0.2) is 13.1 Å². The fraction of sp³-hybridized carbons (Fsp3) is 0.538. The van der Waals surface area contributed by atoms with Gasteiger partial charge in [0, 0.05) is 6.04 Å². The van der Waals surface area contributed by atoms with E-state index >= 15 is 0 Å². The van der Waals surface area contributed by atoms with Crippen molar-refractivity contribution in [1.29, 1.82) is 0 Å². The zero-order valence-corrected chi connectivity index (χ0v) is 13.4. The second kappa shape index (κ2) is 5.81. The van der Waals surface area contributed by atoms with Crippen molar-refractivity contribution in [3.05, 3.63) is 22.7 Å². The highest BCUT2D eigenvalue weighted by molar-refractivity contribution is 9.10. The second-order valence-electron chi connectivity index (χ2n) is 5.00. The Labute approximate surface area is 122 Å². The number of hydrogen-bond donors (Lipinski definition) is 1. The average Bonchev–Trinajstić information content (AvgIpc) is 3.11. The second-order valence-corrected chi connectivity index (χ2v) is 7.57. The van der Waals surface area contributed by atoms with Gasteiger partial charge < -0.3 is 4.74 Å². The lowest BCUT2D eigenvalue weighted by atomic mass is 10.2. The van der Waals surface area contributed by atoms with E-state index in [1.54, 1.807) is 25.3 Å². The maximum atomic E-state index is 12.2. The molecule has 1 aromatic carbocycles. The third-order valence-corrected chi connectivity index (χ3v) is 5.38. The maximum absolute atomic E-state index is 12.2. The van der Waals surface area contributed by atoms with Crippen LogP contribution in [0.4, 0.5) is 0 Å². The molecule has 2 rings (SSSR count). The van der Waals surface area contributed by atoms with Crippen LogP contribution in [0.25, 0.3) is 0 Å². The van der Waals surface area contributed by atoms with Gasteiger partial charge in [-0.1, -0.05) is 12.8 Å². The van der Waals surface area contributed by atoms with Crippen molar-refractivity contribution < 1.29 is 13.2 Å². The molecule has 1 atom stereocenters. The van der Waals surface area contributed by atoms with E-state index in [-0.39, 0.29) is 10.9 Å². The lowest BCUT2D eigenvalue weighted by Gasteiger charge is -2.14. The van der Waals surface area contributed by atoms with Crippen molar-refractivity contribution in [2.24, 2.45) is 5.92 Å². The normalized spacial score (nSPS) is 17.2. The zero-order chi connectivity index (χ0) is 14.0. The topological polar surface area (TPSA) is 55.4 Å². The maximum Gasteiger partial charge on any atom is 0.240 e. The van der Waals surface area contributed by atoms with Crippen LogP contribution in [0.5, 0.6) is 5.75 Å². The molecule has 1 fully saturated rings. The van der Waals surface area contributed by atoms with Crippen LogP contribution < -0.4 is 9.46 Å². The fourth-order valence-electron chi connectivity index (χ4n) is 2.05. The molecular weight excluding hydrogens is 330 g/mol. The minimum Gasteiger partial charge on any atom is -0.496 e. The van der Waals surface area contributed by atoms with E-state index in [1.807, 2.05) is 6.92 Å². The van der Waals surface area contributed by atoms with Crippen LogP contribution in [0, 0.1) is 5.92 Å².